The fraction of sp³-hybridized carbons (Fsp3) is 1.00. The third-order valence-electron chi connectivity index (χ3n) is 2.96. The molecule has 3 nitrogen and oxygen atoms in total. The lowest BCUT2D eigenvalue weighted by Crippen LogP contribution is -2.41. The molecule has 2 N–H and O–H groups in total. The van der Waals surface area contributed by atoms with E-state index in [1.54, 1.807) is 7.11 Å². The van der Waals surface area contributed by atoms with Crippen LogP contribution in [0.2, 0.25) is 0 Å². The van der Waals surface area contributed by atoms with Gasteiger partial charge in [0.25, 0.3) is 0 Å². The first-order valence-electron chi connectivity index (χ1n) is 5.67. The van der Waals surface area contributed by atoms with E-state index in [0.717, 1.165) is 25.6 Å². The van der Waals surface area contributed by atoms with Gasteiger partial charge in [-0.3, -0.25) is 0 Å². The summed E-state index contributed by atoms with van der Waals surface area (Å²) in [6.07, 6.45) is 2.62. The highest BCUT2D eigenvalue weighted by molar-refractivity contribution is 4.74. The van der Waals surface area contributed by atoms with Crippen molar-refractivity contribution in [2.24, 2.45) is 17.6 Å². The van der Waals surface area contributed by atoms with Gasteiger partial charge in [0.1, 0.15) is 0 Å². The standard InChI is InChI=1S/C11H24N2O/c1-10(9-14-2)7-13-5-3-4-11(6-12)8-13/h10-11H,3-9,12H2,1-2H3. The fourth-order valence-electron chi connectivity index (χ4n) is 2.29. The Morgan fingerprint density at radius 1 is 1.57 bits per heavy atom. The van der Waals surface area contributed by atoms with Crippen LogP contribution in [0.4, 0.5) is 0 Å². The van der Waals surface area contributed by atoms with Crippen LogP contribution in [-0.2, 0) is 4.74 Å². The average Bonchev–Trinajstić information content (AvgIpc) is 2.18. The summed E-state index contributed by atoms with van der Waals surface area (Å²) in [5.74, 6) is 1.36. The summed E-state index contributed by atoms with van der Waals surface area (Å²) >= 11 is 0. The molecule has 1 aliphatic rings. The predicted octanol–water partition coefficient (Wildman–Crippen LogP) is 0.940. The highest BCUT2D eigenvalue weighted by atomic mass is 16.5. The second kappa shape index (κ2) is 6.38. The summed E-state index contributed by atoms with van der Waals surface area (Å²) < 4.78 is 5.15. The van der Waals surface area contributed by atoms with Gasteiger partial charge in [0.15, 0.2) is 0 Å². The Labute approximate surface area is 87.6 Å². The van der Waals surface area contributed by atoms with Crippen molar-refractivity contribution in [1.82, 2.24) is 4.90 Å². The van der Waals surface area contributed by atoms with Crippen molar-refractivity contribution in [3.63, 3.8) is 0 Å². The Morgan fingerprint density at radius 2 is 2.36 bits per heavy atom. The van der Waals surface area contributed by atoms with Crippen molar-refractivity contribution in [3.8, 4) is 0 Å². The zero-order chi connectivity index (χ0) is 10.4. The molecule has 0 aromatic heterocycles. The summed E-state index contributed by atoms with van der Waals surface area (Å²) in [5, 5.41) is 0. The van der Waals surface area contributed by atoms with Crippen molar-refractivity contribution in [3.05, 3.63) is 0 Å². The number of piperidine rings is 1. The first-order valence-corrected chi connectivity index (χ1v) is 5.67. The van der Waals surface area contributed by atoms with Crippen LogP contribution >= 0.6 is 0 Å². The smallest absolute Gasteiger partial charge is 0.0500 e. The topological polar surface area (TPSA) is 38.5 Å². The van der Waals surface area contributed by atoms with E-state index in [2.05, 4.69) is 11.8 Å². The van der Waals surface area contributed by atoms with E-state index in [-0.39, 0.29) is 0 Å². The number of hydrogen-bond donors (Lipinski definition) is 1. The van der Waals surface area contributed by atoms with Crippen molar-refractivity contribution in [2.75, 3.05) is 39.9 Å². The monoisotopic (exact) mass is 200 g/mol. The molecule has 0 spiro atoms. The van der Waals surface area contributed by atoms with E-state index in [0.29, 0.717) is 5.92 Å². The van der Waals surface area contributed by atoms with E-state index >= 15 is 0 Å². The largest absolute Gasteiger partial charge is 0.384 e. The molecule has 0 saturated carbocycles. The van der Waals surface area contributed by atoms with Crippen LogP contribution in [0.3, 0.4) is 0 Å². The van der Waals surface area contributed by atoms with Crippen LogP contribution in [0, 0.1) is 11.8 Å². The third-order valence-corrected chi connectivity index (χ3v) is 2.96. The van der Waals surface area contributed by atoms with Gasteiger partial charge in [-0.15, -0.1) is 0 Å². The Balaban J connectivity index is 2.22. The first kappa shape index (κ1) is 12.0. The van der Waals surface area contributed by atoms with Gasteiger partial charge < -0.3 is 15.4 Å². The molecule has 0 aromatic carbocycles. The molecule has 0 radical (unpaired) electrons. The van der Waals surface area contributed by atoms with Crippen molar-refractivity contribution < 1.29 is 4.74 Å². The van der Waals surface area contributed by atoms with Crippen LogP contribution < -0.4 is 5.73 Å². The maximum absolute atomic E-state index is 5.70. The zero-order valence-electron chi connectivity index (χ0n) is 9.54. The summed E-state index contributed by atoms with van der Waals surface area (Å²) in [5.41, 5.74) is 5.70. The van der Waals surface area contributed by atoms with E-state index in [1.807, 2.05) is 0 Å². The predicted molar refractivity (Wildman–Crippen MR) is 59.3 cm³/mol. The summed E-state index contributed by atoms with van der Waals surface area (Å²) in [6.45, 7) is 7.54. The molecule has 1 saturated heterocycles. The van der Waals surface area contributed by atoms with Gasteiger partial charge in [0.05, 0.1) is 0 Å². The van der Waals surface area contributed by atoms with E-state index in [1.165, 1.54) is 25.9 Å². The maximum Gasteiger partial charge on any atom is 0.0500 e. The average molecular weight is 200 g/mol. The Bertz CT molecular complexity index is 152. The minimum Gasteiger partial charge on any atom is -0.384 e. The molecule has 0 amide bonds. The fourth-order valence-corrected chi connectivity index (χ4v) is 2.29. The molecular formula is C11H24N2O. The third kappa shape index (κ3) is 3.95. The van der Waals surface area contributed by atoms with Crippen LogP contribution in [-0.4, -0.2) is 44.8 Å². The Hall–Kier alpha value is -0.120. The minimum absolute atomic E-state index is 0.636. The number of ether oxygens (including phenoxy) is 1. The normalized spacial score (nSPS) is 26.4. The molecule has 14 heavy (non-hydrogen) atoms. The molecule has 0 aliphatic carbocycles. The first-order chi connectivity index (χ1) is 6.76. The lowest BCUT2D eigenvalue weighted by Gasteiger charge is -2.33. The summed E-state index contributed by atoms with van der Waals surface area (Å²) in [4.78, 5) is 2.53. The van der Waals surface area contributed by atoms with Gasteiger partial charge >= 0.3 is 0 Å². The summed E-state index contributed by atoms with van der Waals surface area (Å²) in [7, 11) is 1.77. The lowest BCUT2D eigenvalue weighted by atomic mass is 9.97. The molecule has 2 unspecified atom stereocenters. The number of methoxy groups -OCH3 is 1. The molecular weight excluding hydrogens is 176 g/mol. The molecule has 84 valence electrons. The molecule has 1 aliphatic heterocycles. The maximum atomic E-state index is 5.70. The van der Waals surface area contributed by atoms with Crippen molar-refractivity contribution in [2.45, 2.75) is 19.8 Å². The molecule has 0 aromatic rings. The molecule has 1 rings (SSSR count). The molecule has 3 heteroatoms. The number of rotatable bonds is 5. The second-order valence-electron chi connectivity index (χ2n) is 4.56. The highest BCUT2D eigenvalue weighted by Crippen LogP contribution is 2.16. The van der Waals surface area contributed by atoms with Gasteiger partial charge in [-0.05, 0) is 37.8 Å². The highest BCUT2D eigenvalue weighted by Gasteiger charge is 2.19. The van der Waals surface area contributed by atoms with Crippen LogP contribution in [0.25, 0.3) is 0 Å². The van der Waals surface area contributed by atoms with Gasteiger partial charge in [-0.25, -0.2) is 0 Å². The van der Waals surface area contributed by atoms with Crippen LogP contribution in [0.15, 0.2) is 0 Å². The minimum atomic E-state index is 0.636. The lowest BCUT2D eigenvalue weighted by molar-refractivity contribution is 0.107. The number of likely N-dealkylation sites (tertiary alicyclic amines) is 1. The molecule has 0 bridgehead atoms. The van der Waals surface area contributed by atoms with Crippen molar-refractivity contribution in [1.29, 1.82) is 0 Å². The molecule has 1 heterocycles. The van der Waals surface area contributed by atoms with Crippen LogP contribution in [0.5, 0.6) is 0 Å². The number of hydrogen-bond acceptors (Lipinski definition) is 3. The Morgan fingerprint density at radius 3 is 3.00 bits per heavy atom. The van der Waals surface area contributed by atoms with E-state index in [4.69, 9.17) is 10.5 Å². The number of nitrogens with zero attached hydrogens (tertiary/aromatic N) is 1. The molecule has 2 atom stereocenters. The van der Waals surface area contributed by atoms with Crippen LogP contribution in [0.1, 0.15) is 19.8 Å². The van der Waals surface area contributed by atoms with Gasteiger partial charge in [0, 0.05) is 26.8 Å². The van der Waals surface area contributed by atoms with Gasteiger partial charge in [0.2, 0.25) is 0 Å². The van der Waals surface area contributed by atoms with Gasteiger partial charge in [-0.2, -0.15) is 0 Å². The summed E-state index contributed by atoms with van der Waals surface area (Å²) in [6, 6.07) is 0. The second-order valence-corrected chi connectivity index (χ2v) is 4.56. The zero-order valence-corrected chi connectivity index (χ0v) is 9.54. The van der Waals surface area contributed by atoms with Gasteiger partial charge in [-0.1, -0.05) is 6.92 Å². The van der Waals surface area contributed by atoms with Crippen molar-refractivity contribution >= 4 is 0 Å². The molecule has 1 fully saturated rings. The SMILES string of the molecule is COCC(C)CN1CCCC(CN)C1. The van der Waals surface area contributed by atoms with E-state index < -0.39 is 0 Å². The quantitative estimate of drug-likeness (QED) is 0.718. The number of nitrogens with two attached hydrogens (primary N) is 1. The Kier molecular flexibility index (Phi) is 5.45. The van der Waals surface area contributed by atoms with E-state index in [9.17, 15) is 0 Å².